The summed E-state index contributed by atoms with van der Waals surface area (Å²) in [7, 11) is 0. The molecule has 100 valence electrons. The summed E-state index contributed by atoms with van der Waals surface area (Å²) in [6.07, 6.45) is 8.15. The van der Waals surface area contributed by atoms with Crippen LogP contribution in [0, 0.1) is 6.92 Å². The summed E-state index contributed by atoms with van der Waals surface area (Å²) >= 11 is 1.61. The van der Waals surface area contributed by atoms with Gasteiger partial charge >= 0.3 is 0 Å². The van der Waals surface area contributed by atoms with E-state index in [1.54, 1.807) is 24.2 Å². The van der Waals surface area contributed by atoms with E-state index in [1.807, 2.05) is 31.5 Å². The Kier molecular flexibility index (Phi) is 4.87. The molecule has 2 rings (SSSR count). The lowest BCUT2D eigenvalue weighted by Gasteiger charge is -2.21. The number of hydrogen-bond donors (Lipinski definition) is 1. The number of rotatable bonds is 5. The Morgan fingerprint density at radius 3 is 2.42 bits per heavy atom. The Balaban J connectivity index is 2.21. The molecule has 0 aliphatic rings. The number of aromatic nitrogens is 3. The number of nitrogens with two attached hydrogens (primary N) is 1. The van der Waals surface area contributed by atoms with E-state index in [2.05, 4.69) is 21.9 Å². The highest BCUT2D eigenvalue weighted by atomic mass is 32.2. The van der Waals surface area contributed by atoms with Crippen molar-refractivity contribution in [1.29, 1.82) is 0 Å². The van der Waals surface area contributed by atoms with Gasteiger partial charge in [-0.05, 0) is 36.6 Å². The molecule has 0 aliphatic heterocycles. The van der Waals surface area contributed by atoms with Gasteiger partial charge in [-0.3, -0.25) is 4.98 Å². The molecule has 0 bridgehead atoms. The topological polar surface area (TPSA) is 64.7 Å². The Morgan fingerprint density at radius 1 is 1.21 bits per heavy atom. The van der Waals surface area contributed by atoms with Crippen LogP contribution < -0.4 is 5.73 Å². The van der Waals surface area contributed by atoms with Crippen LogP contribution in [0.25, 0.3) is 0 Å². The molecule has 0 saturated carbocycles. The molecule has 19 heavy (non-hydrogen) atoms. The van der Waals surface area contributed by atoms with Crippen molar-refractivity contribution in [2.24, 2.45) is 5.73 Å². The van der Waals surface area contributed by atoms with Crippen LogP contribution in [0.5, 0.6) is 0 Å². The largest absolute Gasteiger partial charge is 0.326 e. The van der Waals surface area contributed by atoms with Crippen LogP contribution in [0.2, 0.25) is 0 Å². The molecular weight excluding hydrogens is 256 g/mol. The van der Waals surface area contributed by atoms with Crippen molar-refractivity contribution in [3.05, 3.63) is 48.0 Å². The van der Waals surface area contributed by atoms with Gasteiger partial charge in [0.05, 0.1) is 5.25 Å². The van der Waals surface area contributed by atoms with Crippen molar-refractivity contribution < 1.29 is 0 Å². The van der Waals surface area contributed by atoms with E-state index in [0.717, 1.165) is 17.1 Å². The average molecular weight is 274 g/mol. The molecule has 2 aromatic rings. The van der Waals surface area contributed by atoms with Gasteiger partial charge in [-0.2, -0.15) is 0 Å². The second kappa shape index (κ2) is 6.63. The van der Waals surface area contributed by atoms with Crippen LogP contribution >= 0.6 is 11.8 Å². The molecule has 2 aromatic heterocycles. The Hall–Kier alpha value is -1.46. The summed E-state index contributed by atoms with van der Waals surface area (Å²) in [6, 6.07) is 4.07. The maximum absolute atomic E-state index is 6.23. The summed E-state index contributed by atoms with van der Waals surface area (Å²) < 4.78 is 0. The average Bonchev–Trinajstić information content (AvgIpc) is 2.47. The molecule has 0 spiro atoms. The van der Waals surface area contributed by atoms with Gasteiger partial charge in [-0.1, -0.05) is 18.7 Å². The zero-order valence-corrected chi connectivity index (χ0v) is 12.0. The van der Waals surface area contributed by atoms with Crippen molar-refractivity contribution in [3.8, 4) is 0 Å². The van der Waals surface area contributed by atoms with Crippen molar-refractivity contribution in [1.82, 2.24) is 15.0 Å². The third-order valence-corrected chi connectivity index (χ3v) is 4.18. The summed E-state index contributed by atoms with van der Waals surface area (Å²) in [6.45, 7) is 4.07. The quantitative estimate of drug-likeness (QED) is 0.671. The second-order valence-electron chi connectivity index (χ2n) is 4.43. The predicted octanol–water partition coefficient (Wildman–Crippen LogP) is 2.75. The fourth-order valence-corrected chi connectivity index (χ4v) is 2.84. The fourth-order valence-electron chi connectivity index (χ4n) is 1.72. The molecule has 0 saturated heterocycles. The van der Waals surface area contributed by atoms with Crippen molar-refractivity contribution in [3.63, 3.8) is 0 Å². The van der Waals surface area contributed by atoms with Gasteiger partial charge in [-0.15, -0.1) is 0 Å². The van der Waals surface area contributed by atoms with Crippen LogP contribution in [0.1, 0.15) is 29.7 Å². The maximum Gasteiger partial charge on any atom is 0.188 e. The minimum Gasteiger partial charge on any atom is -0.326 e. The number of nitrogens with zero attached hydrogens (tertiary/aromatic N) is 3. The number of pyridine rings is 1. The first-order valence-corrected chi connectivity index (χ1v) is 7.19. The SMILES string of the molecule is CCC(N)C(Sc1ncc(C)cn1)c1ccncc1. The lowest BCUT2D eigenvalue weighted by molar-refractivity contribution is 0.632. The van der Waals surface area contributed by atoms with Gasteiger partial charge in [0, 0.05) is 30.8 Å². The molecule has 0 aliphatic carbocycles. The van der Waals surface area contributed by atoms with Crippen molar-refractivity contribution >= 4 is 11.8 Å². The summed E-state index contributed by atoms with van der Waals surface area (Å²) in [5, 5.41) is 0.909. The maximum atomic E-state index is 6.23. The first-order valence-electron chi connectivity index (χ1n) is 6.31. The Morgan fingerprint density at radius 2 is 1.84 bits per heavy atom. The fraction of sp³-hybridized carbons (Fsp3) is 0.357. The predicted molar refractivity (Wildman–Crippen MR) is 77.9 cm³/mol. The molecular formula is C14H18N4S. The third kappa shape index (κ3) is 3.75. The molecule has 0 fully saturated rings. The highest BCUT2D eigenvalue weighted by Gasteiger charge is 2.21. The van der Waals surface area contributed by atoms with Crippen LogP contribution in [0.4, 0.5) is 0 Å². The molecule has 2 atom stereocenters. The van der Waals surface area contributed by atoms with E-state index in [1.165, 1.54) is 5.56 Å². The minimum absolute atomic E-state index is 0.0669. The van der Waals surface area contributed by atoms with E-state index < -0.39 is 0 Å². The summed E-state index contributed by atoms with van der Waals surface area (Å²) in [4.78, 5) is 12.7. The van der Waals surface area contributed by atoms with Crippen LogP contribution in [0.3, 0.4) is 0 Å². The van der Waals surface area contributed by atoms with E-state index in [4.69, 9.17) is 5.73 Å². The van der Waals surface area contributed by atoms with Crippen LogP contribution in [0.15, 0.2) is 42.1 Å². The van der Waals surface area contributed by atoms with E-state index in [9.17, 15) is 0 Å². The molecule has 0 radical (unpaired) electrons. The van der Waals surface area contributed by atoms with Crippen molar-refractivity contribution in [2.45, 2.75) is 36.7 Å². The summed E-state index contributed by atoms with van der Waals surface area (Å²) in [5.74, 6) is 0. The smallest absolute Gasteiger partial charge is 0.188 e. The highest BCUT2D eigenvalue weighted by molar-refractivity contribution is 7.99. The standard InChI is InChI=1S/C14H18N4S/c1-3-12(15)13(11-4-6-16-7-5-11)19-14-17-8-10(2)9-18-14/h4-9,12-13H,3,15H2,1-2H3. The van der Waals surface area contributed by atoms with Gasteiger partial charge in [0.2, 0.25) is 0 Å². The monoisotopic (exact) mass is 274 g/mol. The minimum atomic E-state index is 0.0669. The van der Waals surface area contributed by atoms with Gasteiger partial charge in [0.1, 0.15) is 0 Å². The zero-order valence-electron chi connectivity index (χ0n) is 11.2. The van der Waals surface area contributed by atoms with E-state index >= 15 is 0 Å². The molecule has 0 aromatic carbocycles. The van der Waals surface area contributed by atoms with Gasteiger partial charge in [0.25, 0.3) is 0 Å². The first-order chi connectivity index (χ1) is 9.20. The Bertz CT molecular complexity index is 501. The third-order valence-electron chi connectivity index (χ3n) is 2.88. The van der Waals surface area contributed by atoms with Gasteiger partial charge in [0.15, 0.2) is 5.16 Å². The van der Waals surface area contributed by atoms with Crippen LogP contribution in [-0.4, -0.2) is 21.0 Å². The lowest BCUT2D eigenvalue weighted by atomic mass is 10.1. The lowest BCUT2D eigenvalue weighted by Crippen LogP contribution is -2.25. The Labute approximate surface area is 117 Å². The second-order valence-corrected chi connectivity index (χ2v) is 5.54. The molecule has 2 unspecified atom stereocenters. The van der Waals surface area contributed by atoms with Crippen molar-refractivity contribution in [2.75, 3.05) is 0 Å². The summed E-state index contributed by atoms with van der Waals surface area (Å²) in [5.41, 5.74) is 8.46. The van der Waals surface area contributed by atoms with Gasteiger partial charge in [-0.25, -0.2) is 9.97 Å². The molecule has 2 N–H and O–H groups in total. The molecule has 2 heterocycles. The number of hydrogen-bond acceptors (Lipinski definition) is 5. The van der Waals surface area contributed by atoms with Gasteiger partial charge < -0.3 is 5.73 Å². The molecule has 5 heteroatoms. The zero-order chi connectivity index (χ0) is 13.7. The van der Waals surface area contributed by atoms with E-state index in [0.29, 0.717) is 0 Å². The number of aryl methyl sites for hydroxylation is 1. The van der Waals surface area contributed by atoms with Crippen LogP contribution in [-0.2, 0) is 0 Å². The normalized spacial score (nSPS) is 14.1. The molecule has 4 nitrogen and oxygen atoms in total. The number of thioether (sulfide) groups is 1. The molecule has 0 amide bonds. The van der Waals surface area contributed by atoms with E-state index in [-0.39, 0.29) is 11.3 Å². The highest BCUT2D eigenvalue weighted by Crippen LogP contribution is 2.35. The first kappa shape index (κ1) is 14.0.